The van der Waals surface area contributed by atoms with E-state index in [0.29, 0.717) is 31.8 Å². The Bertz CT molecular complexity index is 373. The summed E-state index contributed by atoms with van der Waals surface area (Å²) in [6.45, 7) is 2.98. The molecule has 0 amide bonds. The van der Waals surface area contributed by atoms with Crippen LogP contribution in [0.5, 0.6) is 0 Å². The van der Waals surface area contributed by atoms with Crippen LogP contribution in [0.25, 0.3) is 0 Å². The van der Waals surface area contributed by atoms with Gasteiger partial charge in [0.2, 0.25) is 10.0 Å². The van der Waals surface area contributed by atoms with Gasteiger partial charge >= 0.3 is 0 Å². The summed E-state index contributed by atoms with van der Waals surface area (Å²) in [6, 6.07) is 0. The highest BCUT2D eigenvalue weighted by atomic mass is 32.2. The predicted octanol–water partition coefficient (Wildman–Crippen LogP) is 1.56. The van der Waals surface area contributed by atoms with E-state index in [2.05, 4.69) is 6.92 Å². The van der Waals surface area contributed by atoms with E-state index in [-0.39, 0.29) is 11.0 Å². The van der Waals surface area contributed by atoms with Gasteiger partial charge in [0.25, 0.3) is 0 Å². The van der Waals surface area contributed by atoms with Crippen molar-refractivity contribution < 1.29 is 13.2 Å². The smallest absolute Gasteiger partial charge is 0.217 e. The summed E-state index contributed by atoms with van der Waals surface area (Å²) in [7, 11) is -3.15. The van der Waals surface area contributed by atoms with E-state index in [1.807, 2.05) is 0 Å². The molecule has 2 fully saturated rings. The zero-order valence-corrected chi connectivity index (χ0v) is 11.2. The first-order valence-electron chi connectivity index (χ1n) is 6.51. The molecule has 2 aliphatic rings. The van der Waals surface area contributed by atoms with Gasteiger partial charge in [0.15, 0.2) is 0 Å². The van der Waals surface area contributed by atoms with Gasteiger partial charge in [-0.2, -0.15) is 0 Å². The Morgan fingerprint density at radius 2 is 1.59 bits per heavy atom. The molecule has 0 atom stereocenters. The Labute approximate surface area is 103 Å². The number of piperidine rings is 1. The molecule has 0 aromatic heterocycles. The number of sulfonamides is 1. The molecular weight excluding hydrogens is 238 g/mol. The lowest BCUT2D eigenvalue weighted by molar-refractivity contribution is -0.120. The van der Waals surface area contributed by atoms with E-state index < -0.39 is 10.0 Å². The van der Waals surface area contributed by atoms with Crippen molar-refractivity contribution in [1.82, 2.24) is 4.31 Å². The summed E-state index contributed by atoms with van der Waals surface area (Å²) in [6.07, 6.45) is 4.37. The van der Waals surface area contributed by atoms with E-state index in [9.17, 15) is 13.2 Å². The Kier molecular flexibility index (Phi) is 3.88. The fraction of sp³-hybridized carbons (Fsp3) is 0.917. The summed E-state index contributed by atoms with van der Waals surface area (Å²) in [4.78, 5) is 11.1. The van der Waals surface area contributed by atoms with Crippen LogP contribution in [-0.4, -0.2) is 36.8 Å². The average molecular weight is 259 g/mol. The number of carbonyl (C=O) groups excluding carboxylic acids is 1. The molecule has 0 aromatic rings. The lowest BCUT2D eigenvalue weighted by Crippen LogP contribution is -2.44. The third-order valence-electron chi connectivity index (χ3n) is 4.02. The summed E-state index contributed by atoms with van der Waals surface area (Å²) >= 11 is 0. The second-order valence-electron chi connectivity index (χ2n) is 5.36. The molecule has 1 saturated carbocycles. The third-order valence-corrected chi connectivity index (χ3v) is 6.42. The number of hydrogen-bond donors (Lipinski definition) is 0. The Morgan fingerprint density at radius 1 is 1.06 bits per heavy atom. The van der Waals surface area contributed by atoms with Crippen LogP contribution in [0.1, 0.15) is 45.4 Å². The number of hydrogen-bond acceptors (Lipinski definition) is 3. The van der Waals surface area contributed by atoms with Gasteiger partial charge in [0, 0.05) is 25.9 Å². The van der Waals surface area contributed by atoms with Gasteiger partial charge < -0.3 is 0 Å². The highest BCUT2D eigenvalue weighted by molar-refractivity contribution is 7.89. The lowest BCUT2D eigenvalue weighted by atomic mass is 9.91. The molecule has 0 aromatic carbocycles. The molecule has 0 unspecified atom stereocenters. The molecule has 4 nitrogen and oxygen atoms in total. The van der Waals surface area contributed by atoms with Crippen LogP contribution in [-0.2, 0) is 14.8 Å². The monoisotopic (exact) mass is 259 g/mol. The average Bonchev–Trinajstić information content (AvgIpc) is 2.30. The quantitative estimate of drug-likeness (QED) is 0.756. The van der Waals surface area contributed by atoms with Crippen molar-refractivity contribution in [3.8, 4) is 0 Å². The summed E-state index contributed by atoms with van der Waals surface area (Å²) in [5.41, 5.74) is 0. The first kappa shape index (κ1) is 13.0. The minimum atomic E-state index is -3.15. The zero-order valence-electron chi connectivity index (χ0n) is 10.4. The van der Waals surface area contributed by atoms with Crippen LogP contribution in [0, 0.1) is 5.92 Å². The maximum atomic E-state index is 12.4. The van der Waals surface area contributed by atoms with Crippen molar-refractivity contribution >= 4 is 15.8 Å². The summed E-state index contributed by atoms with van der Waals surface area (Å²) in [5, 5.41) is -0.202. The van der Waals surface area contributed by atoms with Crippen LogP contribution in [0.2, 0.25) is 0 Å². The molecule has 17 heavy (non-hydrogen) atoms. The number of ketones is 1. The molecule has 1 aliphatic carbocycles. The van der Waals surface area contributed by atoms with E-state index in [1.54, 1.807) is 0 Å². The highest BCUT2D eigenvalue weighted by Crippen LogP contribution is 2.30. The van der Waals surface area contributed by atoms with Crippen LogP contribution >= 0.6 is 0 Å². The first-order chi connectivity index (χ1) is 8.00. The normalized spacial score (nSPS) is 32.6. The number of carbonyl (C=O) groups is 1. The van der Waals surface area contributed by atoms with Gasteiger partial charge in [0.1, 0.15) is 5.78 Å². The molecule has 98 valence electrons. The van der Waals surface area contributed by atoms with Crippen LogP contribution in [0.4, 0.5) is 0 Å². The Balaban J connectivity index is 2.01. The molecule has 1 saturated heterocycles. The summed E-state index contributed by atoms with van der Waals surface area (Å²) < 4.78 is 26.3. The van der Waals surface area contributed by atoms with Crippen molar-refractivity contribution in [1.29, 1.82) is 0 Å². The van der Waals surface area contributed by atoms with Crippen molar-refractivity contribution in [2.75, 3.05) is 13.1 Å². The van der Waals surface area contributed by atoms with Gasteiger partial charge in [-0.05, 0) is 31.6 Å². The van der Waals surface area contributed by atoms with Crippen molar-refractivity contribution in [3.05, 3.63) is 0 Å². The Morgan fingerprint density at radius 3 is 2.12 bits per heavy atom. The molecule has 0 bridgehead atoms. The third kappa shape index (κ3) is 2.88. The van der Waals surface area contributed by atoms with E-state index in [4.69, 9.17) is 0 Å². The van der Waals surface area contributed by atoms with Gasteiger partial charge in [0.05, 0.1) is 5.25 Å². The zero-order chi connectivity index (χ0) is 12.5. The predicted molar refractivity (Wildman–Crippen MR) is 66.2 cm³/mol. The molecule has 0 spiro atoms. The first-order valence-corrected chi connectivity index (χ1v) is 8.01. The molecule has 1 aliphatic heterocycles. The van der Waals surface area contributed by atoms with Crippen molar-refractivity contribution in [2.24, 2.45) is 5.92 Å². The minimum Gasteiger partial charge on any atom is -0.300 e. The molecule has 0 radical (unpaired) electrons. The van der Waals surface area contributed by atoms with Crippen LogP contribution in [0.15, 0.2) is 0 Å². The number of Topliss-reactive ketones (excluding diaryl/α,β-unsaturated/α-hetero) is 1. The lowest BCUT2D eigenvalue weighted by Gasteiger charge is -2.32. The number of rotatable bonds is 2. The van der Waals surface area contributed by atoms with Gasteiger partial charge in [-0.15, -0.1) is 0 Å². The second kappa shape index (κ2) is 5.06. The van der Waals surface area contributed by atoms with Gasteiger partial charge in [-0.25, -0.2) is 12.7 Å². The Hall–Kier alpha value is -0.420. The molecule has 0 N–H and O–H groups in total. The highest BCUT2D eigenvalue weighted by Gasteiger charge is 2.35. The van der Waals surface area contributed by atoms with Gasteiger partial charge in [-0.1, -0.05) is 6.92 Å². The second-order valence-corrected chi connectivity index (χ2v) is 7.58. The van der Waals surface area contributed by atoms with Crippen LogP contribution < -0.4 is 0 Å². The molecule has 1 heterocycles. The largest absolute Gasteiger partial charge is 0.300 e. The molecular formula is C12H21NO3S. The van der Waals surface area contributed by atoms with E-state index >= 15 is 0 Å². The standard InChI is InChI=1S/C12H21NO3S/c1-10-2-4-12(5-3-10)17(15,16)13-8-6-11(14)7-9-13/h10,12H,2-9H2,1H3. The van der Waals surface area contributed by atoms with E-state index in [0.717, 1.165) is 25.7 Å². The molecule has 2 rings (SSSR count). The summed E-state index contributed by atoms with van der Waals surface area (Å²) in [5.74, 6) is 0.845. The van der Waals surface area contributed by atoms with Crippen molar-refractivity contribution in [2.45, 2.75) is 50.7 Å². The topological polar surface area (TPSA) is 54.5 Å². The van der Waals surface area contributed by atoms with Gasteiger partial charge in [-0.3, -0.25) is 4.79 Å². The SMILES string of the molecule is CC1CCC(S(=O)(=O)N2CCC(=O)CC2)CC1. The maximum Gasteiger partial charge on any atom is 0.217 e. The van der Waals surface area contributed by atoms with Crippen LogP contribution in [0.3, 0.4) is 0 Å². The molecule has 5 heteroatoms. The minimum absolute atomic E-state index is 0.189. The van der Waals surface area contributed by atoms with E-state index in [1.165, 1.54) is 4.31 Å². The van der Waals surface area contributed by atoms with Crippen molar-refractivity contribution in [3.63, 3.8) is 0 Å². The fourth-order valence-corrected chi connectivity index (χ4v) is 4.71. The maximum absolute atomic E-state index is 12.4. The fourth-order valence-electron chi connectivity index (χ4n) is 2.73. The number of nitrogens with zero attached hydrogens (tertiary/aromatic N) is 1.